The van der Waals surface area contributed by atoms with Crippen LogP contribution >= 0.6 is 23.7 Å². The highest BCUT2D eigenvalue weighted by Gasteiger charge is 2.75. The zero-order valence-corrected chi connectivity index (χ0v) is 22.1. The third-order valence-corrected chi connectivity index (χ3v) is 9.84. The SMILES string of the molecule is Cl.O=C(O)C1(NS(=O)(=O)c2ccc(-c3cc(C(F)(F)F)on3)s2)CC1(CN1CCOCC1)c1ccccc1. The molecule has 2 aliphatic rings. The van der Waals surface area contributed by atoms with Gasteiger partial charge in [0.1, 0.15) is 15.4 Å². The number of nitrogens with zero attached hydrogens (tertiary/aromatic N) is 2. The molecule has 3 aromatic rings. The number of halogens is 4. The van der Waals surface area contributed by atoms with Gasteiger partial charge >= 0.3 is 12.1 Å². The molecule has 2 unspecified atom stereocenters. The van der Waals surface area contributed by atoms with Gasteiger partial charge in [0.15, 0.2) is 0 Å². The smallest absolute Gasteiger partial charge is 0.452 e. The predicted molar refractivity (Wildman–Crippen MR) is 133 cm³/mol. The van der Waals surface area contributed by atoms with E-state index in [1.54, 1.807) is 30.3 Å². The average molecular weight is 594 g/mol. The summed E-state index contributed by atoms with van der Waals surface area (Å²) in [5.74, 6) is -2.62. The Kier molecular flexibility index (Phi) is 7.69. The van der Waals surface area contributed by atoms with E-state index < -0.39 is 38.9 Å². The van der Waals surface area contributed by atoms with Crippen LogP contribution in [0.4, 0.5) is 13.2 Å². The van der Waals surface area contributed by atoms with Crippen molar-refractivity contribution in [1.29, 1.82) is 0 Å². The highest BCUT2D eigenvalue weighted by molar-refractivity contribution is 7.91. The van der Waals surface area contributed by atoms with Crippen LogP contribution in [0.2, 0.25) is 0 Å². The molecule has 0 bridgehead atoms. The third kappa shape index (κ3) is 5.08. The van der Waals surface area contributed by atoms with Crippen molar-refractivity contribution in [2.24, 2.45) is 0 Å². The molecule has 2 aromatic heterocycles. The lowest BCUT2D eigenvalue weighted by atomic mass is 9.89. The van der Waals surface area contributed by atoms with Gasteiger partial charge in [0.05, 0.1) is 18.1 Å². The average Bonchev–Trinajstić information content (AvgIpc) is 3.25. The van der Waals surface area contributed by atoms with Crippen molar-refractivity contribution in [1.82, 2.24) is 14.8 Å². The fourth-order valence-electron chi connectivity index (χ4n) is 4.80. The lowest BCUT2D eigenvalue weighted by Crippen LogP contribution is -2.52. The van der Waals surface area contributed by atoms with Gasteiger partial charge in [0.25, 0.3) is 10.0 Å². The van der Waals surface area contributed by atoms with E-state index in [9.17, 15) is 31.5 Å². The summed E-state index contributed by atoms with van der Waals surface area (Å²) in [6, 6.07) is 12.1. The van der Waals surface area contributed by atoms with E-state index in [1.807, 2.05) is 0 Å². The first-order valence-electron chi connectivity index (χ1n) is 11.2. The fraction of sp³-hybridized carbons (Fsp3) is 0.391. The minimum absolute atomic E-state index is 0. The molecule has 0 amide bonds. The van der Waals surface area contributed by atoms with Crippen LogP contribution in [0.3, 0.4) is 0 Å². The molecular formula is C23H23ClF3N3O6S2. The molecule has 2 fully saturated rings. The number of aromatic nitrogens is 1. The van der Waals surface area contributed by atoms with Gasteiger partial charge in [-0.1, -0.05) is 35.5 Å². The summed E-state index contributed by atoms with van der Waals surface area (Å²) in [5, 5.41) is 13.7. The summed E-state index contributed by atoms with van der Waals surface area (Å²) < 4.78 is 77.3. The van der Waals surface area contributed by atoms with Crippen molar-refractivity contribution in [3.8, 4) is 10.6 Å². The van der Waals surface area contributed by atoms with Gasteiger partial charge in [-0.05, 0) is 24.1 Å². The number of rotatable bonds is 8. The Hall–Kier alpha value is -2.49. The number of carboxylic acids is 1. The monoisotopic (exact) mass is 593 g/mol. The van der Waals surface area contributed by atoms with Crippen LogP contribution < -0.4 is 4.72 Å². The van der Waals surface area contributed by atoms with Gasteiger partial charge < -0.3 is 14.4 Å². The molecule has 5 rings (SSSR count). The zero-order chi connectivity index (χ0) is 26.5. The van der Waals surface area contributed by atoms with Crippen molar-refractivity contribution < 1.29 is 40.8 Å². The summed E-state index contributed by atoms with van der Waals surface area (Å²) >= 11 is 0.669. The summed E-state index contributed by atoms with van der Waals surface area (Å²) in [6.07, 6.45) is -4.70. The van der Waals surface area contributed by atoms with E-state index in [4.69, 9.17) is 4.74 Å². The number of aliphatic carboxylic acids is 1. The highest BCUT2D eigenvalue weighted by atomic mass is 35.5. The number of hydrogen-bond donors (Lipinski definition) is 2. The number of carboxylic acid groups (broad SMARTS) is 1. The quantitative estimate of drug-likeness (QED) is 0.406. The van der Waals surface area contributed by atoms with Crippen molar-refractivity contribution in [3.63, 3.8) is 0 Å². The van der Waals surface area contributed by atoms with Gasteiger partial charge in [0, 0.05) is 31.1 Å². The van der Waals surface area contributed by atoms with Crippen LogP contribution in [-0.4, -0.2) is 67.9 Å². The number of benzene rings is 1. The van der Waals surface area contributed by atoms with Crippen molar-refractivity contribution in [2.45, 2.75) is 27.8 Å². The van der Waals surface area contributed by atoms with Crippen LogP contribution in [0.5, 0.6) is 0 Å². The van der Waals surface area contributed by atoms with Crippen LogP contribution in [-0.2, 0) is 31.1 Å². The number of sulfonamides is 1. The normalized spacial score (nSPS) is 24.1. The molecule has 2 atom stereocenters. The maximum absolute atomic E-state index is 13.4. The van der Waals surface area contributed by atoms with Crippen LogP contribution in [0, 0.1) is 0 Å². The van der Waals surface area contributed by atoms with E-state index in [0.29, 0.717) is 55.8 Å². The minimum atomic E-state index is -4.74. The summed E-state index contributed by atoms with van der Waals surface area (Å²) in [4.78, 5) is 14.8. The Bertz CT molecular complexity index is 1410. The van der Waals surface area contributed by atoms with Gasteiger partial charge in [0.2, 0.25) is 5.76 Å². The topological polar surface area (TPSA) is 122 Å². The van der Waals surface area contributed by atoms with E-state index in [1.165, 1.54) is 12.1 Å². The van der Waals surface area contributed by atoms with E-state index in [2.05, 4.69) is 19.3 Å². The van der Waals surface area contributed by atoms with Gasteiger partial charge in [-0.25, -0.2) is 8.42 Å². The maximum Gasteiger partial charge on any atom is 0.452 e. The minimum Gasteiger partial charge on any atom is -0.480 e. The number of carbonyl (C=O) groups is 1. The number of alkyl halides is 3. The third-order valence-electron chi connectivity index (χ3n) is 6.74. The first-order valence-corrected chi connectivity index (χ1v) is 13.5. The number of hydrogen-bond acceptors (Lipinski definition) is 8. The molecular weight excluding hydrogens is 571 g/mol. The number of thiophene rings is 1. The van der Waals surface area contributed by atoms with Crippen LogP contribution in [0.1, 0.15) is 17.7 Å². The van der Waals surface area contributed by atoms with Crippen molar-refractivity contribution in [3.05, 3.63) is 59.9 Å². The van der Waals surface area contributed by atoms with Gasteiger partial charge in [-0.15, -0.1) is 23.7 Å². The Balaban J connectivity index is 0.00000336. The van der Waals surface area contributed by atoms with Gasteiger partial charge in [-0.2, -0.15) is 17.9 Å². The zero-order valence-electron chi connectivity index (χ0n) is 19.6. The summed E-state index contributed by atoms with van der Waals surface area (Å²) in [7, 11) is -4.37. The Morgan fingerprint density at radius 3 is 2.45 bits per heavy atom. The molecule has 15 heteroatoms. The molecule has 206 valence electrons. The number of ether oxygens (including phenoxy) is 1. The molecule has 0 radical (unpaired) electrons. The molecule has 1 aliphatic heterocycles. The lowest BCUT2D eigenvalue weighted by molar-refractivity contribution is -0.155. The lowest BCUT2D eigenvalue weighted by Gasteiger charge is -2.33. The number of morpholine rings is 1. The van der Waals surface area contributed by atoms with Crippen molar-refractivity contribution in [2.75, 3.05) is 32.8 Å². The molecule has 9 nitrogen and oxygen atoms in total. The van der Waals surface area contributed by atoms with Crippen molar-refractivity contribution >= 4 is 39.7 Å². The maximum atomic E-state index is 13.4. The second-order valence-electron chi connectivity index (χ2n) is 9.02. The highest BCUT2D eigenvalue weighted by Crippen LogP contribution is 2.59. The first kappa shape index (κ1) is 28.5. The Morgan fingerprint density at radius 1 is 1.16 bits per heavy atom. The molecule has 1 aromatic carbocycles. The van der Waals surface area contributed by atoms with E-state index >= 15 is 0 Å². The second kappa shape index (κ2) is 10.2. The first-order chi connectivity index (χ1) is 17.5. The number of nitrogens with one attached hydrogen (secondary N) is 1. The summed E-state index contributed by atoms with van der Waals surface area (Å²) in [5.41, 5.74) is -2.32. The second-order valence-corrected chi connectivity index (χ2v) is 12.0. The summed E-state index contributed by atoms with van der Waals surface area (Å²) in [6.45, 7) is 2.47. The molecule has 3 heterocycles. The molecule has 2 N–H and O–H groups in total. The standard InChI is InChI=1S/C23H22F3N3O6S2.ClH/c24-23(25,26)18-12-16(27-35-18)17-6-7-19(36-17)37(32,33)28-22(20(30)31)13-21(22,15-4-2-1-3-5-15)14-29-8-10-34-11-9-29;/h1-7,12,28H,8-11,13-14H2,(H,30,31);1H. The predicted octanol–water partition coefficient (Wildman–Crippen LogP) is 3.62. The Morgan fingerprint density at radius 2 is 1.84 bits per heavy atom. The van der Waals surface area contributed by atoms with E-state index in [0.717, 1.165) is 0 Å². The fourth-order valence-corrected chi connectivity index (χ4v) is 7.49. The molecule has 1 aliphatic carbocycles. The van der Waals surface area contributed by atoms with Crippen LogP contribution in [0.25, 0.3) is 10.6 Å². The Labute approximate surface area is 226 Å². The molecule has 38 heavy (non-hydrogen) atoms. The largest absolute Gasteiger partial charge is 0.480 e. The van der Waals surface area contributed by atoms with E-state index in [-0.39, 0.29) is 33.6 Å². The molecule has 1 saturated heterocycles. The molecule has 1 saturated carbocycles. The van der Waals surface area contributed by atoms with Gasteiger partial charge in [-0.3, -0.25) is 9.69 Å². The molecule has 0 spiro atoms. The van der Waals surface area contributed by atoms with Crippen LogP contribution in [0.15, 0.2) is 57.3 Å².